The molecule has 1 aliphatic rings. The predicted molar refractivity (Wildman–Crippen MR) is 33.0 cm³/mol. The highest BCUT2D eigenvalue weighted by atomic mass is 19.3. The summed E-state index contributed by atoms with van der Waals surface area (Å²) in [4.78, 5) is 0. The molecular formula is C6H11F2NO. The number of halogens is 2. The Morgan fingerprint density at radius 3 is 2.70 bits per heavy atom. The maximum Gasteiger partial charge on any atom is 0.353 e. The van der Waals surface area contributed by atoms with Gasteiger partial charge in [0.05, 0.1) is 6.10 Å². The third kappa shape index (κ3) is 2.58. The molecule has 1 fully saturated rings. The molecule has 0 spiro atoms. The summed E-state index contributed by atoms with van der Waals surface area (Å²) in [5, 5.41) is 2.94. The van der Waals surface area contributed by atoms with Crippen LogP contribution in [0.2, 0.25) is 0 Å². The zero-order valence-electron chi connectivity index (χ0n) is 5.86. The van der Waals surface area contributed by atoms with Crippen LogP contribution in [0.15, 0.2) is 0 Å². The average Bonchev–Trinajstić information content (AvgIpc) is 2.12. The normalized spacial score (nSPS) is 27.3. The number of alkyl halides is 2. The Balaban J connectivity index is 2.24. The molecule has 0 bridgehead atoms. The van der Waals surface area contributed by atoms with Gasteiger partial charge in [-0.05, 0) is 13.0 Å². The Bertz CT molecular complexity index is 107. The van der Waals surface area contributed by atoms with Gasteiger partial charge >= 0.3 is 6.11 Å². The molecule has 1 N–H and O–H groups in total. The van der Waals surface area contributed by atoms with Gasteiger partial charge in [-0.15, -0.1) is 0 Å². The summed E-state index contributed by atoms with van der Waals surface area (Å²) in [5.74, 6) is 0. The van der Waals surface area contributed by atoms with E-state index in [2.05, 4.69) is 10.1 Å². The standard InChI is InChI=1S/C6H11F2NO/c1-6(7,8)10-5-2-3-9-4-5/h5,9H,2-4H2,1H3/t5-/m0/s1. The van der Waals surface area contributed by atoms with Gasteiger partial charge in [-0.3, -0.25) is 0 Å². The highest BCUT2D eigenvalue weighted by Gasteiger charge is 2.28. The summed E-state index contributed by atoms with van der Waals surface area (Å²) < 4.78 is 28.7. The van der Waals surface area contributed by atoms with Crippen LogP contribution >= 0.6 is 0 Å². The average molecular weight is 151 g/mol. The first-order valence-corrected chi connectivity index (χ1v) is 3.34. The first-order valence-electron chi connectivity index (χ1n) is 3.34. The molecule has 2 nitrogen and oxygen atoms in total. The topological polar surface area (TPSA) is 21.3 Å². The van der Waals surface area contributed by atoms with Gasteiger partial charge < -0.3 is 10.1 Å². The molecule has 0 amide bonds. The van der Waals surface area contributed by atoms with Crippen LogP contribution in [0.3, 0.4) is 0 Å². The molecule has 0 aromatic heterocycles. The molecule has 0 unspecified atom stereocenters. The fourth-order valence-corrected chi connectivity index (χ4v) is 1.02. The van der Waals surface area contributed by atoms with Gasteiger partial charge in [-0.1, -0.05) is 0 Å². The van der Waals surface area contributed by atoms with E-state index in [9.17, 15) is 8.78 Å². The van der Waals surface area contributed by atoms with Gasteiger partial charge in [-0.2, -0.15) is 8.78 Å². The van der Waals surface area contributed by atoms with Gasteiger partial charge in [-0.25, -0.2) is 0 Å². The van der Waals surface area contributed by atoms with Crippen molar-refractivity contribution >= 4 is 0 Å². The van der Waals surface area contributed by atoms with Gasteiger partial charge in [0.15, 0.2) is 0 Å². The molecule has 0 saturated carbocycles. The van der Waals surface area contributed by atoms with Crippen molar-refractivity contribution in [2.45, 2.75) is 25.6 Å². The van der Waals surface area contributed by atoms with E-state index in [-0.39, 0.29) is 6.10 Å². The minimum absolute atomic E-state index is 0.306. The summed E-state index contributed by atoms with van der Waals surface area (Å²) in [6, 6.07) is 0. The van der Waals surface area contributed by atoms with Crippen molar-refractivity contribution in [3.63, 3.8) is 0 Å². The van der Waals surface area contributed by atoms with Crippen molar-refractivity contribution in [2.24, 2.45) is 0 Å². The fourth-order valence-electron chi connectivity index (χ4n) is 1.02. The fraction of sp³-hybridized carbons (Fsp3) is 1.00. The van der Waals surface area contributed by atoms with Crippen molar-refractivity contribution in [2.75, 3.05) is 13.1 Å². The van der Waals surface area contributed by atoms with Crippen molar-refractivity contribution in [3.05, 3.63) is 0 Å². The maximum absolute atomic E-state index is 12.1. The molecule has 10 heavy (non-hydrogen) atoms. The first kappa shape index (κ1) is 7.88. The van der Waals surface area contributed by atoms with E-state index in [1.165, 1.54) is 0 Å². The van der Waals surface area contributed by atoms with Crippen LogP contribution in [0, 0.1) is 0 Å². The van der Waals surface area contributed by atoms with Crippen molar-refractivity contribution in [3.8, 4) is 0 Å². The van der Waals surface area contributed by atoms with Crippen molar-refractivity contribution in [1.29, 1.82) is 0 Å². The highest BCUT2D eigenvalue weighted by Crippen LogP contribution is 2.18. The largest absolute Gasteiger partial charge is 0.353 e. The monoisotopic (exact) mass is 151 g/mol. The Kier molecular flexibility index (Phi) is 2.21. The van der Waals surface area contributed by atoms with E-state index in [1.807, 2.05) is 0 Å². The Labute approximate surface area is 58.6 Å². The summed E-state index contributed by atoms with van der Waals surface area (Å²) in [6.07, 6.45) is -2.60. The number of rotatable bonds is 2. The number of ether oxygens (including phenoxy) is 1. The van der Waals surface area contributed by atoms with Crippen molar-refractivity contribution < 1.29 is 13.5 Å². The maximum atomic E-state index is 12.1. The second-order valence-corrected chi connectivity index (χ2v) is 2.54. The Morgan fingerprint density at radius 2 is 2.30 bits per heavy atom. The molecule has 1 saturated heterocycles. The van der Waals surface area contributed by atoms with E-state index in [0.29, 0.717) is 13.0 Å². The van der Waals surface area contributed by atoms with E-state index in [0.717, 1.165) is 13.5 Å². The Morgan fingerprint density at radius 1 is 1.60 bits per heavy atom. The molecular weight excluding hydrogens is 140 g/mol. The SMILES string of the molecule is CC(F)(F)O[C@H]1CCNC1. The van der Waals surface area contributed by atoms with Crippen LogP contribution in [0.25, 0.3) is 0 Å². The lowest BCUT2D eigenvalue weighted by atomic mass is 10.3. The minimum atomic E-state index is -2.98. The van der Waals surface area contributed by atoms with Crippen LogP contribution < -0.4 is 5.32 Å². The molecule has 1 aliphatic heterocycles. The molecule has 60 valence electrons. The molecule has 0 aromatic carbocycles. The second-order valence-electron chi connectivity index (χ2n) is 2.54. The van der Waals surface area contributed by atoms with Gasteiger partial charge in [0, 0.05) is 13.5 Å². The lowest BCUT2D eigenvalue weighted by Crippen LogP contribution is -2.26. The van der Waals surface area contributed by atoms with Crippen LogP contribution in [0.1, 0.15) is 13.3 Å². The number of nitrogens with one attached hydrogen (secondary N) is 1. The minimum Gasteiger partial charge on any atom is -0.316 e. The van der Waals surface area contributed by atoms with E-state index >= 15 is 0 Å². The van der Waals surface area contributed by atoms with Crippen LogP contribution in [0.4, 0.5) is 8.78 Å². The van der Waals surface area contributed by atoms with Gasteiger partial charge in [0.2, 0.25) is 0 Å². The van der Waals surface area contributed by atoms with Crippen LogP contribution in [-0.4, -0.2) is 25.3 Å². The van der Waals surface area contributed by atoms with E-state index in [1.54, 1.807) is 0 Å². The van der Waals surface area contributed by atoms with E-state index in [4.69, 9.17) is 0 Å². The quantitative estimate of drug-likeness (QED) is 0.635. The van der Waals surface area contributed by atoms with Gasteiger partial charge in [0.1, 0.15) is 0 Å². The molecule has 4 heteroatoms. The first-order chi connectivity index (χ1) is 4.58. The summed E-state index contributed by atoms with van der Waals surface area (Å²) >= 11 is 0. The molecule has 0 aromatic rings. The second kappa shape index (κ2) is 2.80. The van der Waals surface area contributed by atoms with Gasteiger partial charge in [0.25, 0.3) is 0 Å². The third-order valence-corrected chi connectivity index (χ3v) is 1.39. The lowest BCUT2D eigenvalue weighted by molar-refractivity contribution is -0.245. The molecule has 0 radical (unpaired) electrons. The lowest BCUT2D eigenvalue weighted by Gasteiger charge is -2.15. The molecule has 1 atom stereocenters. The summed E-state index contributed by atoms with van der Waals surface area (Å²) in [6.45, 7) is 2.09. The summed E-state index contributed by atoms with van der Waals surface area (Å²) in [5.41, 5.74) is 0. The molecule has 1 heterocycles. The zero-order valence-corrected chi connectivity index (χ0v) is 5.86. The molecule has 1 rings (SSSR count). The smallest absolute Gasteiger partial charge is 0.316 e. The third-order valence-electron chi connectivity index (χ3n) is 1.39. The van der Waals surface area contributed by atoms with Crippen LogP contribution in [0.5, 0.6) is 0 Å². The summed E-state index contributed by atoms with van der Waals surface area (Å²) in [7, 11) is 0. The van der Waals surface area contributed by atoms with E-state index < -0.39 is 6.11 Å². The van der Waals surface area contributed by atoms with Crippen LogP contribution in [-0.2, 0) is 4.74 Å². The Hall–Kier alpha value is -0.220. The highest BCUT2D eigenvalue weighted by molar-refractivity contribution is 4.71. The number of hydrogen-bond donors (Lipinski definition) is 1. The number of hydrogen-bond acceptors (Lipinski definition) is 2. The predicted octanol–water partition coefficient (Wildman–Crippen LogP) is 0.978. The molecule has 0 aliphatic carbocycles. The zero-order chi connectivity index (χ0) is 7.61. The van der Waals surface area contributed by atoms with Crippen molar-refractivity contribution in [1.82, 2.24) is 5.32 Å².